The standard InChI is InChI=1S/C23H30FN3O3S/c1-17(16-27-12-4-3-5-13-27)15-25-23(28)22-14-21(11-6-18(22)2)31(29,30)26-20-9-7-19(24)8-10-20/h6-11,14,17,26H,3-5,12-13,15-16H2,1-2H3,(H,25,28). The van der Waals surface area contributed by atoms with E-state index in [2.05, 4.69) is 21.9 Å². The van der Waals surface area contributed by atoms with Gasteiger partial charge < -0.3 is 10.2 Å². The molecule has 0 saturated carbocycles. The molecule has 3 rings (SSSR count). The number of anilines is 1. The fourth-order valence-corrected chi connectivity index (χ4v) is 4.84. The molecule has 168 valence electrons. The summed E-state index contributed by atoms with van der Waals surface area (Å²) < 4.78 is 40.9. The first-order valence-corrected chi connectivity index (χ1v) is 12.1. The SMILES string of the molecule is Cc1ccc(S(=O)(=O)Nc2ccc(F)cc2)cc1C(=O)NCC(C)CN1CCCCC1. The highest BCUT2D eigenvalue weighted by Crippen LogP contribution is 2.20. The molecule has 1 atom stereocenters. The number of hydrogen-bond acceptors (Lipinski definition) is 4. The van der Waals surface area contributed by atoms with Gasteiger partial charge in [-0.3, -0.25) is 9.52 Å². The van der Waals surface area contributed by atoms with E-state index in [9.17, 15) is 17.6 Å². The maximum atomic E-state index is 13.1. The molecule has 1 saturated heterocycles. The summed E-state index contributed by atoms with van der Waals surface area (Å²) in [6.45, 7) is 7.57. The maximum absolute atomic E-state index is 13.1. The molecular formula is C23H30FN3O3S. The van der Waals surface area contributed by atoms with Crippen molar-refractivity contribution in [3.8, 4) is 0 Å². The molecule has 31 heavy (non-hydrogen) atoms. The van der Waals surface area contributed by atoms with E-state index in [-0.39, 0.29) is 16.5 Å². The Bertz CT molecular complexity index is 1000. The van der Waals surface area contributed by atoms with Crippen LogP contribution < -0.4 is 10.0 Å². The molecule has 0 radical (unpaired) electrons. The van der Waals surface area contributed by atoms with Gasteiger partial charge in [-0.2, -0.15) is 0 Å². The van der Waals surface area contributed by atoms with E-state index in [1.165, 1.54) is 55.7 Å². The number of benzene rings is 2. The van der Waals surface area contributed by atoms with Crippen LogP contribution in [-0.2, 0) is 10.0 Å². The van der Waals surface area contributed by atoms with Crippen molar-refractivity contribution < 1.29 is 17.6 Å². The average Bonchev–Trinajstić information content (AvgIpc) is 2.74. The highest BCUT2D eigenvalue weighted by Gasteiger charge is 2.19. The van der Waals surface area contributed by atoms with Gasteiger partial charge in [-0.15, -0.1) is 0 Å². The van der Waals surface area contributed by atoms with Gasteiger partial charge in [0.2, 0.25) is 0 Å². The Hall–Kier alpha value is -2.45. The second-order valence-corrected chi connectivity index (χ2v) is 9.95. The van der Waals surface area contributed by atoms with Gasteiger partial charge >= 0.3 is 0 Å². The Morgan fingerprint density at radius 2 is 1.77 bits per heavy atom. The third kappa shape index (κ3) is 6.51. The van der Waals surface area contributed by atoms with Crippen molar-refractivity contribution >= 4 is 21.6 Å². The number of hydrogen-bond donors (Lipinski definition) is 2. The zero-order valence-corrected chi connectivity index (χ0v) is 18.8. The Labute approximate surface area is 183 Å². The van der Waals surface area contributed by atoms with Gasteiger partial charge in [0.15, 0.2) is 0 Å². The molecule has 6 nitrogen and oxygen atoms in total. The van der Waals surface area contributed by atoms with E-state index in [4.69, 9.17) is 0 Å². The molecule has 8 heteroatoms. The third-order valence-electron chi connectivity index (χ3n) is 5.49. The fraction of sp³-hybridized carbons (Fsp3) is 0.435. The van der Waals surface area contributed by atoms with E-state index in [1.807, 2.05) is 0 Å². The third-order valence-corrected chi connectivity index (χ3v) is 6.87. The number of aryl methyl sites for hydroxylation is 1. The van der Waals surface area contributed by atoms with Crippen LogP contribution >= 0.6 is 0 Å². The smallest absolute Gasteiger partial charge is 0.261 e. The van der Waals surface area contributed by atoms with Crippen LogP contribution in [0, 0.1) is 18.7 Å². The Kier molecular flexibility index (Phi) is 7.67. The lowest BCUT2D eigenvalue weighted by Gasteiger charge is -2.29. The summed E-state index contributed by atoms with van der Waals surface area (Å²) >= 11 is 0. The normalized spacial score (nSPS) is 16.0. The lowest BCUT2D eigenvalue weighted by Crippen LogP contribution is -2.38. The lowest BCUT2D eigenvalue weighted by molar-refractivity contribution is 0.0941. The number of carbonyl (C=O) groups excluding carboxylic acids is 1. The van der Waals surface area contributed by atoms with Crippen molar-refractivity contribution in [1.82, 2.24) is 10.2 Å². The molecule has 0 aromatic heterocycles. The number of likely N-dealkylation sites (tertiary alicyclic amines) is 1. The van der Waals surface area contributed by atoms with Crippen LogP contribution in [0.15, 0.2) is 47.4 Å². The quantitative estimate of drug-likeness (QED) is 0.645. The summed E-state index contributed by atoms with van der Waals surface area (Å²) in [5.74, 6) is -0.442. The summed E-state index contributed by atoms with van der Waals surface area (Å²) in [5, 5.41) is 2.94. The molecule has 1 fully saturated rings. The number of piperidine rings is 1. The van der Waals surface area contributed by atoms with Gasteiger partial charge in [0.1, 0.15) is 5.82 Å². The highest BCUT2D eigenvalue weighted by molar-refractivity contribution is 7.92. The van der Waals surface area contributed by atoms with Gasteiger partial charge in [-0.1, -0.05) is 19.4 Å². The molecule has 1 amide bonds. The molecule has 1 heterocycles. The average molecular weight is 448 g/mol. The fourth-order valence-electron chi connectivity index (χ4n) is 3.75. The van der Waals surface area contributed by atoms with Gasteiger partial charge in [-0.25, -0.2) is 12.8 Å². The number of carbonyl (C=O) groups is 1. The molecule has 2 aromatic rings. The van der Waals surface area contributed by atoms with Crippen LogP contribution in [0.4, 0.5) is 10.1 Å². The minimum absolute atomic E-state index is 0.0195. The zero-order chi connectivity index (χ0) is 22.4. The van der Waals surface area contributed by atoms with E-state index < -0.39 is 15.8 Å². The minimum atomic E-state index is -3.91. The van der Waals surface area contributed by atoms with Crippen LogP contribution in [0.25, 0.3) is 0 Å². The molecule has 0 spiro atoms. The zero-order valence-electron chi connectivity index (χ0n) is 18.0. The summed E-state index contributed by atoms with van der Waals surface area (Å²) in [4.78, 5) is 15.2. The Morgan fingerprint density at radius 3 is 2.45 bits per heavy atom. The van der Waals surface area contributed by atoms with Crippen LogP contribution in [0.2, 0.25) is 0 Å². The Morgan fingerprint density at radius 1 is 1.10 bits per heavy atom. The molecule has 1 unspecified atom stereocenters. The molecular weight excluding hydrogens is 417 g/mol. The predicted molar refractivity (Wildman–Crippen MR) is 120 cm³/mol. The van der Waals surface area contributed by atoms with Gasteiger partial charge in [0.05, 0.1) is 4.90 Å². The van der Waals surface area contributed by atoms with Crippen LogP contribution in [-0.4, -0.2) is 45.4 Å². The van der Waals surface area contributed by atoms with Gasteiger partial charge in [-0.05, 0) is 80.7 Å². The number of nitrogens with zero attached hydrogens (tertiary/aromatic N) is 1. The first-order chi connectivity index (χ1) is 14.7. The summed E-state index contributed by atoms with van der Waals surface area (Å²) in [6.07, 6.45) is 3.74. The van der Waals surface area contributed by atoms with Crippen molar-refractivity contribution in [2.45, 2.75) is 38.0 Å². The molecule has 2 aromatic carbocycles. The van der Waals surface area contributed by atoms with E-state index in [0.29, 0.717) is 23.6 Å². The van der Waals surface area contributed by atoms with E-state index in [0.717, 1.165) is 19.6 Å². The first kappa shape index (κ1) is 23.2. The minimum Gasteiger partial charge on any atom is -0.352 e. The number of nitrogens with one attached hydrogen (secondary N) is 2. The summed E-state index contributed by atoms with van der Waals surface area (Å²) in [6, 6.07) is 9.50. The Balaban J connectivity index is 1.65. The van der Waals surface area contributed by atoms with Crippen LogP contribution in [0.3, 0.4) is 0 Å². The van der Waals surface area contributed by atoms with Crippen molar-refractivity contribution in [3.63, 3.8) is 0 Å². The molecule has 1 aliphatic rings. The predicted octanol–water partition coefficient (Wildman–Crippen LogP) is 3.79. The van der Waals surface area contributed by atoms with E-state index in [1.54, 1.807) is 13.0 Å². The largest absolute Gasteiger partial charge is 0.352 e. The van der Waals surface area contributed by atoms with Crippen LogP contribution in [0.5, 0.6) is 0 Å². The molecule has 1 aliphatic heterocycles. The van der Waals surface area contributed by atoms with Gasteiger partial charge in [0.25, 0.3) is 15.9 Å². The number of rotatable bonds is 8. The van der Waals surface area contributed by atoms with Gasteiger partial charge in [0, 0.05) is 24.3 Å². The first-order valence-electron chi connectivity index (χ1n) is 10.6. The van der Waals surface area contributed by atoms with Crippen molar-refractivity contribution in [2.75, 3.05) is 30.9 Å². The highest BCUT2D eigenvalue weighted by atomic mass is 32.2. The van der Waals surface area contributed by atoms with Crippen molar-refractivity contribution in [2.24, 2.45) is 5.92 Å². The van der Waals surface area contributed by atoms with Crippen LogP contribution in [0.1, 0.15) is 42.1 Å². The second kappa shape index (κ2) is 10.2. The maximum Gasteiger partial charge on any atom is 0.261 e. The summed E-state index contributed by atoms with van der Waals surface area (Å²) in [7, 11) is -3.91. The number of sulfonamides is 1. The lowest BCUT2D eigenvalue weighted by atomic mass is 10.1. The van der Waals surface area contributed by atoms with Crippen molar-refractivity contribution in [1.29, 1.82) is 0 Å². The topological polar surface area (TPSA) is 78.5 Å². The number of amides is 1. The molecule has 2 N–H and O–H groups in total. The molecule has 0 bridgehead atoms. The summed E-state index contributed by atoms with van der Waals surface area (Å²) in [5.41, 5.74) is 1.27. The molecule has 0 aliphatic carbocycles. The monoisotopic (exact) mass is 447 g/mol. The van der Waals surface area contributed by atoms with Crippen molar-refractivity contribution in [3.05, 3.63) is 59.4 Å². The van der Waals surface area contributed by atoms with E-state index >= 15 is 0 Å². The number of halogens is 1. The second-order valence-electron chi connectivity index (χ2n) is 8.27.